The Hall–Kier alpha value is -7.76. The first-order chi connectivity index (χ1) is 33.3. The molecule has 0 aliphatic heterocycles. The summed E-state index contributed by atoms with van der Waals surface area (Å²) in [5.74, 6) is 0. The van der Waals surface area contributed by atoms with E-state index in [2.05, 4.69) is 240 Å². The second kappa shape index (κ2) is 21.3. The van der Waals surface area contributed by atoms with E-state index in [9.17, 15) is 26.3 Å². The molecule has 0 saturated carbocycles. The molecule has 0 atom stereocenters. The van der Waals surface area contributed by atoms with Crippen LogP contribution in [-0.4, -0.2) is 37.0 Å². The molecule has 8 nitrogen and oxygen atoms in total. The molecule has 0 aliphatic carbocycles. The SMILES string of the molecule is O=S(=O)([O-])C(F)(F)F.O=S(=O)([O-])C(F)(F)F.c1ccc(-c2cc(-c3ccc(-c4cc(-c5ccccc5)[n+](-c5ccccc5)c(-c5ccccc5)c4)cc3)cc(-c3ccccc3)[n+]2-c2ccccc2)cc1. The smallest absolute Gasteiger partial charge is 0.485 e. The number of alkyl halides is 6. The summed E-state index contributed by atoms with van der Waals surface area (Å²) in [7, 11) is -12.2. The molecule has 0 unspecified atom stereocenters. The highest BCUT2D eigenvalue weighted by atomic mass is 32.2. The maximum Gasteiger partial charge on any atom is 0.485 e. The van der Waals surface area contributed by atoms with E-state index in [-0.39, 0.29) is 0 Å². The largest absolute Gasteiger partial charge is 0.741 e. The zero-order valence-electron chi connectivity index (χ0n) is 36.4. The number of para-hydroxylation sites is 2. The number of pyridine rings is 2. The summed E-state index contributed by atoms with van der Waals surface area (Å²) in [6.07, 6.45) is 0. The van der Waals surface area contributed by atoms with Gasteiger partial charge >= 0.3 is 11.0 Å². The van der Waals surface area contributed by atoms with Gasteiger partial charge in [0.05, 0.1) is 0 Å². The molecule has 0 radical (unpaired) electrons. The van der Waals surface area contributed by atoms with Gasteiger partial charge in [0.1, 0.15) is 0 Å². The molecular weight excluding hydrogens is 951 g/mol. The summed E-state index contributed by atoms with van der Waals surface area (Å²) in [6, 6.07) is 82.5. The Balaban J connectivity index is 0.000000390. The summed E-state index contributed by atoms with van der Waals surface area (Å²) in [5.41, 5.74) is 4.79. The molecule has 0 spiro atoms. The van der Waals surface area contributed by atoms with Gasteiger partial charge in [0, 0.05) is 70.8 Å². The molecule has 0 saturated heterocycles. The van der Waals surface area contributed by atoms with Gasteiger partial charge in [0.2, 0.25) is 34.2 Å². The lowest BCUT2D eigenvalue weighted by Gasteiger charge is -2.14. The van der Waals surface area contributed by atoms with E-state index in [0.717, 1.165) is 78.7 Å². The number of rotatable bonds is 8. The Labute approximate surface area is 400 Å². The lowest BCUT2D eigenvalue weighted by molar-refractivity contribution is -0.572. The van der Waals surface area contributed by atoms with Crippen molar-refractivity contribution >= 4 is 20.2 Å². The molecule has 0 aliphatic rings. The molecule has 9 rings (SSSR count). The molecule has 0 amide bonds. The fraction of sp³-hybridized carbons (Fsp3) is 0.0370. The van der Waals surface area contributed by atoms with Gasteiger partial charge in [0.15, 0.2) is 20.2 Å². The van der Waals surface area contributed by atoms with Crippen LogP contribution < -0.4 is 9.13 Å². The minimum absolute atomic E-state index is 1.12. The van der Waals surface area contributed by atoms with Crippen LogP contribution in [0.4, 0.5) is 26.3 Å². The fourth-order valence-corrected chi connectivity index (χ4v) is 7.37. The van der Waals surface area contributed by atoms with E-state index < -0.39 is 31.3 Å². The molecule has 9 aromatic rings. The van der Waals surface area contributed by atoms with Crippen molar-refractivity contribution in [2.45, 2.75) is 11.0 Å². The second-order valence-corrected chi connectivity index (χ2v) is 18.0. The van der Waals surface area contributed by atoms with Gasteiger partial charge in [-0.15, -0.1) is 0 Å². The number of hydrogen-bond acceptors (Lipinski definition) is 6. The summed E-state index contributed by atoms with van der Waals surface area (Å²) < 4.78 is 123. The number of hydrogen-bond donors (Lipinski definition) is 0. The minimum atomic E-state index is -6.09. The lowest BCUT2D eigenvalue weighted by atomic mass is 9.95. The Morgan fingerprint density at radius 2 is 0.471 bits per heavy atom. The van der Waals surface area contributed by atoms with Crippen LogP contribution >= 0.6 is 0 Å². The highest BCUT2D eigenvalue weighted by Gasteiger charge is 2.37. The molecule has 354 valence electrons. The standard InChI is InChI=1S/C52H38N2.2CHF3O3S/c1-7-19-41(20-8-1)49-35-45(36-50(42-21-9-2-10-22-42)53(49)47-27-15-5-16-28-47)39-31-33-40(34-32-39)46-37-51(43-23-11-3-12-24-43)54(48-29-17-6-18-30-48)52(38-46)44-25-13-4-14-26-44;2*2-1(3,4)8(5,6)7/h1-38H;2*(H,5,6,7)/q+2;;/p-2. The van der Waals surface area contributed by atoms with Gasteiger partial charge in [0.25, 0.3) is 0 Å². The van der Waals surface area contributed by atoms with Crippen LogP contribution in [0.1, 0.15) is 0 Å². The van der Waals surface area contributed by atoms with Gasteiger partial charge in [-0.3, -0.25) is 0 Å². The van der Waals surface area contributed by atoms with Gasteiger partial charge in [-0.1, -0.05) is 133 Å². The Bertz CT molecular complexity index is 3060. The quantitative estimate of drug-likeness (QED) is 0.0647. The average Bonchev–Trinajstić information content (AvgIpc) is 3.36. The van der Waals surface area contributed by atoms with E-state index in [4.69, 9.17) is 25.9 Å². The van der Waals surface area contributed by atoms with Crippen LogP contribution in [0.2, 0.25) is 0 Å². The molecule has 0 N–H and O–H groups in total. The number of nitrogens with zero attached hydrogens (tertiary/aromatic N) is 2. The number of halogens is 6. The third-order valence-corrected chi connectivity index (χ3v) is 11.7. The molecule has 2 heterocycles. The van der Waals surface area contributed by atoms with Crippen molar-refractivity contribution in [2.24, 2.45) is 0 Å². The van der Waals surface area contributed by atoms with Gasteiger partial charge in [-0.25, -0.2) is 16.8 Å². The fourth-order valence-electron chi connectivity index (χ4n) is 7.37. The predicted octanol–water partition coefficient (Wildman–Crippen LogP) is 12.3. The zero-order valence-corrected chi connectivity index (χ0v) is 38.0. The molecule has 2 aromatic heterocycles. The van der Waals surface area contributed by atoms with E-state index in [0.29, 0.717) is 0 Å². The topological polar surface area (TPSA) is 122 Å². The van der Waals surface area contributed by atoms with Crippen molar-refractivity contribution in [2.75, 3.05) is 0 Å². The van der Waals surface area contributed by atoms with Crippen LogP contribution in [0, 0.1) is 0 Å². The van der Waals surface area contributed by atoms with Crippen molar-refractivity contribution in [3.05, 3.63) is 231 Å². The van der Waals surface area contributed by atoms with Gasteiger partial charge < -0.3 is 9.11 Å². The molecular formula is C54H38F6N2O6S2. The van der Waals surface area contributed by atoms with Crippen LogP contribution in [0.25, 0.3) is 78.7 Å². The first-order valence-electron chi connectivity index (χ1n) is 21.0. The van der Waals surface area contributed by atoms with Crippen LogP contribution in [0.3, 0.4) is 0 Å². The molecule has 0 bridgehead atoms. The highest BCUT2D eigenvalue weighted by molar-refractivity contribution is 7.86. The summed E-state index contributed by atoms with van der Waals surface area (Å²) >= 11 is 0. The van der Waals surface area contributed by atoms with Crippen LogP contribution in [-0.2, 0) is 20.2 Å². The van der Waals surface area contributed by atoms with Crippen molar-refractivity contribution in [1.82, 2.24) is 0 Å². The Morgan fingerprint density at radius 3 is 0.657 bits per heavy atom. The van der Waals surface area contributed by atoms with E-state index >= 15 is 0 Å². The van der Waals surface area contributed by atoms with E-state index in [1.165, 1.54) is 0 Å². The van der Waals surface area contributed by atoms with Crippen molar-refractivity contribution in [3.63, 3.8) is 0 Å². The molecule has 70 heavy (non-hydrogen) atoms. The summed E-state index contributed by atoms with van der Waals surface area (Å²) in [4.78, 5) is 0. The Kier molecular flexibility index (Phi) is 15.2. The van der Waals surface area contributed by atoms with Crippen molar-refractivity contribution < 1.29 is 61.4 Å². The van der Waals surface area contributed by atoms with Crippen LogP contribution in [0.15, 0.2) is 231 Å². The maximum atomic E-state index is 10.7. The third-order valence-electron chi connectivity index (χ3n) is 10.6. The summed E-state index contributed by atoms with van der Waals surface area (Å²) in [6.45, 7) is 0. The van der Waals surface area contributed by atoms with E-state index in [1.807, 2.05) is 0 Å². The third kappa shape index (κ3) is 12.1. The Morgan fingerprint density at radius 1 is 0.286 bits per heavy atom. The number of aromatic nitrogens is 2. The maximum absolute atomic E-state index is 10.7. The minimum Gasteiger partial charge on any atom is -0.741 e. The summed E-state index contributed by atoms with van der Waals surface area (Å²) in [5, 5.41) is 0. The van der Waals surface area contributed by atoms with E-state index in [1.54, 1.807) is 0 Å². The lowest BCUT2D eigenvalue weighted by Crippen LogP contribution is -2.36. The monoisotopic (exact) mass is 988 g/mol. The normalized spacial score (nSPS) is 11.7. The van der Waals surface area contributed by atoms with Gasteiger partial charge in [-0.05, 0) is 70.8 Å². The first-order valence-corrected chi connectivity index (χ1v) is 23.8. The molecule has 16 heteroatoms. The predicted molar refractivity (Wildman–Crippen MR) is 254 cm³/mol. The highest BCUT2D eigenvalue weighted by Crippen LogP contribution is 2.35. The molecule has 0 fully saturated rings. The van der Waals surface area contributed by atoms with Crippen molar-refractivity contribution in [1.29, 1.82) is 0 Å². The van der Waals surface area contributed by atoms with Crippen LogP contribution in [0.5, 0.6) is 0 Å². The van der Waals surface area contributed by atoms with Crippen molar-refractivity contribution in [3.8, 4) is 78.7 Å². The molecule has 7 aromatic carbocycles. The first kappa shape index (κ1) is 50.1. The average molecular weight is 989 g/mol. The second-order valence-electron chi connectivity index (χ2n) is 15.2. The van der Waals surface area contributed by atoms with Gasteiger partial charge in [-0.2, -0.15) is 35.5 Å². The number of benzene rings is 7. The zero-order chi connectivity index (χ0) is 50.1.